The van der Waals surface area contributed by atoms with Gasteiger partial charge in [-0.05, 0) is 31.6 Å². The van der Waals surface area contributed by atoms with E-state index >= 15 is 0 Å². The number of unbranched alkanes of at least 4 members (excludes halogenated alkanes) is 4. The molecule has 1 heterocycles. The Kier molecular flexibility index (Phi) is 7.87. The molecule has 2 rings (SSSR count). The molecule has 1 aliphatic heterocycles. The predicted octanol–water partition coefficient (Wildman–Crippen LogP) is 4.70. The molecule has 1 aliphatic carbocycles. The maximum absolute atomic E-state index is 12.5. The standard InChI is InChI=1S/C22H38O5/c1-4-5-13-21(2,3)22(26)14-12-17-16(18(23)15-19(17)27-22)10-8-6-7-9-11-20(24)25/h16-17,19,26H,4-15H2,1-3H3,(H,24,25)/t16-,17-,19-,22?/m1/s1. The summed E-state index contributed by atoms with van der Waals surface area (Å²) in [7, 11) is 0. The number of carbonyl (C=O) groups is 2. The Morgan fingerprint density at radius 1 is 1.22 bits per heavy atom. The van der Waals surface area contributed by atoms with Gasteiger partial charge in [-0.3, -0.25) is 9.59 Å². The van der Waals surface area contributed by atoms with Crippen molar-refractivity contribution in [3.63, 3.8) is 0 Å². The molecule has 1 saturated heterocycles. The summed E-state index contributed by atoms with van der Waals surface area (Å²) in [5.74, 6) is -1.30. The van der Waals surface area contributed by atoms with Crippen molar-refractivity contribution in [2.75, 3.05) is 0 Å². The van der Waals surface area contributed by atoms with Gasteiger partial charge in [-0.25, -0.2) is 0 Å². The Hall–Kier alpha value is -0.940. The molecule has 1 unspecified atom stereocenters. The van der Waals surface area contributed by atoms with Gasteiger partial charge in [-0.2, -0.15) is 0 Å². The summed E-state index contributed by atoms with van der Waals surface area (Å²) in [6, 6.07) is 0. The first-order valence-electron chi connectivity index (χ1n) is 10.8. The normalized spacial score (nSPS) is 31.1. The third-order valence-corrected chi connectivity index (χ3v) is 6.84. The molecule has 0 radical (unpaired) electrons. The van der Waals surface area contributed by atoms with Crippen molar-refractivity contribution in [2.45, 2.75) is 110 Å². The molecule has 2 aliphatic rings. The number of hydrogen-bond acceptors (Lipinski definition) is 4. The number of carboxylic acid groups (broad SMARTS) is 1. The maximum Gasteiger partial charge on any atom is 0.303 e. The van der Waals surface area contributed by atoms with Crippen molar-refractivity contribution >= 4 is 11.8 Å². The molecule has 0 aromatic carbocycles. The first-order chi connectivity index (χ1) is 12.7. The monoisotopic (exact) mass is 382 g/mol. The smallest absolute Gasteiger partial charge is 0.303 e. The Labute approximate surface area is 163 Å². The SMILES string of the molecule is CCCCC(C)(C)C1(O)CC[C@H]2[C@@H](CC(=O)[C@@H]2CCCCCCC(=O)O)O1. The number of ketones is 1. The van der Waals surface area contributed by atoms with Crippen LogP contribution in [0.3, 0.4) is 0 Å². The Morgan fingerprint density at radius 3 is 2.59 bits per heavy atom. The lowest BCUT2D eigenvalue weighted by atomic mass is 9.72. The summed E-state index contributed by atoms with van der Waals surface area (Å²) >= 11 is 0. The third kappa shape index (κ3) is 5.54. The van der Waals surface area contributed by atoms with Crippen molar-refractivity contribution in [3.8, 4) is 0 Å². The van der Waals surface area contributed by atoms with Crippen LogP contribution in [0.1, 0.15) is 97.8 Å². The van der Waals surface area contributed by atoms with Crippen LogP contribution in [-0.4, -0.2) is 33.9 Å². The van der Waals surface area contributed by atoms with Gasteiger partial charge < -0.3 is 14.9 Å². The van der Waals surface area contributed by atoms with Crippen molar-refractivity contribution < 1.29 is 24.5 Å². The minimum atomic E-state index is -1.13. The van der Waals surface area contributed by atoms with Crippen LogP contribution in [0.5, 0.6) is 0 Å². The second-order valence-corrected chi connectivity index (χ2v) is 9.25. The number of aliphatic carboxylic acids is 1. The first kappa shape index (κ1) is 22.4. The number of carboxylic acids is 1. The van der Waals surface area contributed by atoms with Crippen LogP contribution in [0, 0.1) is 17.3 Å². The fourth-order valence-electron chi connectivity index (χ4n) is 4.87. The van der Waals surface area contributed by atoms with Crippen LogP contribution >= 0.6 is 0 Å². The van der Waals surface area contributed by atoms with E-state index in [1.54, 1.807) is 0 Å². The number of ether oxygens (including phenoxy) is 1. The minimum Gasteiger partial charge on any atom is -0.481 e. The largest absolute Gasteiger partial charge is 0.481 e. The summed E-state index contributed by atoms with van der Waals surface area (Å²) in [4.78, 5) is 23.1. The molecule has 0 bridgehead atoms. The van der Waals surface area contributed by atoms with Gasteiger partial charge in [0.2, 0.25) is 0 Å². The number of aliphatic hydroxyl groups is 1. The van der Waals surface area contributed by atoms with Crippen LogP contribution in [0.4, 0.5) is 0 Å². The zero-order valence-electron chi connectivity index (χ0n) is 17.3. The van der Waals surface area contributed by atoms with Gasteiger partial charge in [0.05, 0.1) is 6.10 Å². The first-order valence-corrected chi connectivity index (χ1v) is 10.8. The molecule has 1 saturated carbocycles. The molecule has 0 spiro atoms. The molecule has 4 atom stereocenters. The molecule has 27 heavy (non-hydrogen) atoms. The molecule has 2 N–H and O–H groups in total. The Bertz CT molecular complexity index is 515. The van der Waals surface area contributed by atoms with E-state index in [4.69, 9.17) is 9.84 Å². The summed E-state index contributed by atoms with van der Waals surface area (Å²) in [6.45, 7) is 6.31. The number of fused-ring (bicyclic) bond motifs is 1. The highest BCUT2D eigenvalue weighted by molar-refractivity contribution is 5.84. The van der Waals surface area contributed by atoms with Crippen molar-refractivity contribution in [3.05, 3.63) is 0 Å². The molecule has 5 heteroatoms. The molecule has 0 amide bonds. The van der Waals surface area contributed by atoms with E-state index in [1.807, 2.05) is 0 Å². The van der Waals surface area contributed by atoms with E-state index in [0.717, 1.165) is 51.4 Å². The van der Waals surface area contributed by atoms with E-state index in [0.29, 0.717) is 19.3 Å². The van der Waals surface area contributed by atoms with Crippen LogP contribution in [0.15, 0.2) is 0 Å². The van der Waals surface area contributed by atoms with Gasteiger partial charge in [-0.15, -0.1) is 0 Å². The van der Waals surface area contributed by atoms with Gasteiger partial charge >= 0.3 is 5.97 Å². The summed E-state index contributed by atoms with van der Waals surface area (Å²) < 4.78 is 6.20. The predicted molar refractivity (Wildman–Crippen MR) is 104 cm³/mol. The van der Waals surface area contributed by atoms with Gasteiger partial charge in [0.1, 0.15) is 5.78 Å². The fraction of sp³-hybridized carbons (Fsp3) is 0.909. The molecule has 2 fully saturated rings. The van der Waals surface area contributed by atoms with Crippen LogP contribution in [0.25, 0.3) is 0 Å². The van der Waals surface area contributed by atoms with Crippen molar-refractivity contribution in [2.24, 2.45) is 17.3 Å². The number of carbonyl (C=O) groups excluding carboxylic acids is 1. The quantitative estimate of drug-likeness (QED) is 0.506. The van der Waals surface area contributed by atoms with Gasteiger partial charge in [0, 0.05) is 30.6 Å². The van der Waals surface area contributed by atoms with Crippen LogP contribution in [0.2, 0.25) is 0 Å². The van der Waals surface area contributed by atoms with Crippen molar-refractivity contribution in [1.82, 2.24) is 0 Å². The molecular formula is C22H38O5. The van der Waals surface area contributed by atoms with E-state index in [-0.39, 0.29) is 35.6 Å². The Balaban J connectivity index is 1.84. The average molecular weight is 383 g/mol. The van der Waals surface area contributed by atoms with Crippen LogP contribution in [-0.2, 0) is 14.3 Å². The van der Waals surface area contributed by atoms with Gasteiger partial charge in [-0.1, -0.05) is 52.9 Å². The minimum absolute atomic E-state index is 0.0535. The number of hydrogen-bond donors (Lipinski definition) is 2. The lowest BCUT2D eigenvalue weighted by Gasteiger charge is -2.48. The fourth-order valence-corrected chi connectivity index (χ4v) is 4.87. The number of rotatable bonds is 11. The summed E-state index contributed by atoms with van der Waals surface area (Å²) in [5.41, 5.74) is -0.306. The molecule has 0 aromatic heterocycles. The molecular weight excluding hydrogens is 344 g/mol. The van der Waals surface area contributed by atoms with E-state index in [9.17, 15) is 14.7 Å². The molecule has 0 aromatic rings. The topological polar surface area (TPSA) is 83.8 Å². The Morgan fingerprint density at radius 2 is 1.93 bits per heavy atom. The zero-order valence-corrected chi connectivity index (χ0v) is 17.3. The highest BCUT2D eigenvalue weighted by Crippen LogP contribution is 2.50. The second-order valence-electron chi connectivity index (χ2n) is 9.25. The second kappa shape index (κ2) is 9.51. The third-order valence-electron chi connectivity index (χ3n) is 6.84. The highest BCUT2D eigenvalue weighted by atomic mass is 16.6. The van der Waals surface area contributed by atoms with E-state index in [2.05, 4.69) is 20.8 Å². The average Bonchev–Trinajstić information content (AvgIpc) is 2.90. The van der Waals surface area contributed by atoms with Crippen molar-refractivity contribution in [1.29, 1.82) is 0 Å². The summed E-state index contributed by atoms with van der Waals surface area (Å²) in [5, 5.41) is 19.9. The molecule has 5 nitrogen and oxygen atoms in total. The highest BCUT2D eigenvalue weighted by Gasteiger charge is 2.54. The van der Waals surface area contributed by atoms with Gasteiger partial charge in [0.25, 0.3) is 0 Å². The van der Waals surface area contributed by atoms with E-state index < -0.39 is 11.8 Å². The lowest BCUT2D eigenvalue weighted by Crippen LogP contribution is -2.53. The number of Topliss-reactive ketones (excluding diaryl/α,β-unsaturated/α-hetero) is 1. The zero-order chi connectivity index (χ0) is 20.1. The summed E-state index contributed by atoms with van der Waals surface area (Å²) in [6.07, 6.45) is 9.48. The van der Waals surface area contributed by atoms with Crippen LogP contribution < -0.4 is 0 Å². The lowest BCUT2D eigenvalue weighted by molar-refractivity contribution is -0.316. The van der Waals surface area contributed by atoms with Gasteiger partial charge in [0.15, 0.2) is 5.79 Å². The van der Waals surface area contributed by atoms with E-state index in [1.165, 1.54) is 0 Å². The maximum atomic E-state index is 12.5. The molecule has 156 valence electrons.